The lowest BCUT2D eigenvalue weighted by atomic mass is 10.1. The van der Waals surface area contributed by atoms with Crippen LogP contribution in [0.25, 0.3) is 11.3 Å². The predicted molar refractivity (Wildman–Crippen MR) is 164 cm³/mol. The van der Waals surface area contributed by atoms with E-state index in [4.69, 9.17) is 25.9 Å². The van der Waals surface area contributed by atoms with Crippen LogP contribution >= 0.6 is 11.6 Å². The SMILES string of the molecule is COc1ccc(C(=O)Nc2cc(N3CCN(C(=O)c4c(-c5ccccc5OC)nnn4C)CC3)c(Cl)cc2[N+](=O)OC)cc1. The van der Waals surface area contributed by atoms with Crippen LogP contribution in [0.3, 0.4) is 0 Å². The quantitative estimate of drug-likeness (QED) is 0.272. The molecule has 14 heteroatoms. The Balaban J connectivity index is 1.36. The lowest BCUT2D eigenvalue weighted by Crippen LogP contribution is -2.49. The normalized spacial score (nSPS) is 12.9. The largest absolute Gasteiger partial charge is 0.497 e. The molecule has 0 radical (unpaired) electrons. The predicted octanol–water partition coefficient (Wildman–Crippen LogP) is 4.34. The minimum Gasteiger partial charge on any atom is -0.497 e. The summed E-state index contributed by atoms with van der Waals surface area (Å²) in [5, 5.41) is 11.4. The van der Waals surface area contributed by atoms with Crippen molar-refractivity contribution in [2.75, 3.05) is 57.7 Å². The molecule has 1 N–H and O–H groups in total. The van der Waals surface area contributed by atoms with Gasteiger partial charge in [0.05, 0.1) is 29.8 Å². The van der Waals surface area contributed by atoms with Gasteiger partial charge in [0.1, 0.15) is 22.9 Å². The van der Waals surface area contributed by atoms with E-state index in [1.165, 1.54) is 25.0 Å². The smallest absolute Gasteiger partial charge is 0.341 e. The number of carbonyl (C=O) groups excluding carboxylic acids is 2. The zero-order valence-corrected chi connectivity index (χ0v) is 25.4. The number of halogens is 1. The Kier molecular flexibility index (Phi) is 8.95. The summed E-state index contributed by atoms with van der Waals surface area (Å²) in [6.07, 6.45) is 0. The second-order valence-electron chi connectivity index (χ2n) is 9.83. The van der Waals surface area contributed by atoms with E-state index in [0.29, 0.717) is 65.9 Å². The standard InChI is InChI=1S/C30H30ClN7O6/c1-35-28(27(33-34-35)21-7-5-6-8-26(21)43-3)30(40)37-15-13-36(14-16-37)24-18-23(25(17-22(24)31)38(41)44-4)32-29(39)19-9-11-20(42-2)12-10-19/h5-12,17-18H,13-16H2,1-4H3/p+1. The van der Waals surface area contributed by atoms with Gasteiger partial charge in [0.25, 0.3) is 16.7 Å². The monoisotopic (exact) mass is 620 g/mol. The van der Waals surface area contributed by atoms with Crippen LogP contribution in [-0.2, 0) is 11.9 Å². The first-order valence-corrected chi connectivity index (χ1v) is 14.0. The molecule has 2 heterocycles. The van der Waals surface area contributed by atoms with Crippen molar-refractivity contribution in [2.45, 2.75) is 0 Å². The molecule has 228 valence electrons. The Morgan fingerprint density at radius 3 is 2.32 bits per heavy atom. The van der Waals surface area contributed by atoms with Gasteiger partial charge in [0.2, 0.25) is 0 Å². The molecule has 0 bridgehead atoms. The molecule has 0 saturated carbocycles. The van der Waals surface area contributed by atoms with Gasteiger partial charge in [-0.3, -0.25) is 9.59 Å². The number of carbonyl (C=O) groups is 2. The van der Waals surface area contributed by atoms with Crippen molar-refractivity contribution in [3.05, 3.63) is 81.9 Å². The summed E-state index contributed by atoms with van der Waals surface area (Å²) < 4.78 is 12.1. The fourth-order valence-corrected chi connectivity index (χ4v) is 5.28. The minimum absolute atomic E-state index is 0.0319. The highest BCUT2D eigenvalue weighted by molar-refractivity contribution is 6.33. The number of hydrogen-bond acceptors (Lipinski definition) is 9. The van der Waals surface area contributed by atoms with Gasteiger partial charge in [0.15, 0.2) is 12.8 Å². The molecule has 5 rings (SSSR count). The van der Waals surface area contributed by atoms with Crippen molar-refractivity contribution in [2.24, 2.45) is 7.05 Å². The second-order valence-corrected chi connectivity index (χ2v) is 10.2. The van der Waals surface area contributed by atoms with Crippen LogP contribution in [0.2, 0.25) is 5.02 Å². The summed E-state index contributed by atoms with van der Waals surface area (Å²) in [5.74, 6) is 0.547. The number of hydrogen-bond donors (Lipinski definition) is 1. The van der Waals surface area contributed by atoms with Gasteiger partial charge in [-0.25, -0.2) is 9.52 Å². The topological polar surface area (TPSA) is 131 Å². The molecule has 1 saturated heterocycles. The summed E-state index contributed by atoms with van der Waals surface area (Å²) in [6.45, 7) is 1.65. The maximum Gasteiger partial charge on any atom is 0.341 e. The number of benzene rings is 3. The first-order chi connectivity index (χ1) is 21.2. The van der Waals surface area contributed by atoms with Gasteiger partial charge >= 0.3 is 5.69 Å². The number of aromatic nitrogens is 3. The molecule has 0 aliphatic carbocycles. The van der Waals surface area contributed by atoms with E-state index in [9.17, 15) is 14.5 Å². The maximum atomic E-state index is 13.7. The first-order valence-electron chi connectivity index (χ1n) is 13.6. The van der Waals surface area contributed by atoms with Crippen LogP contribution in [0.4, 0.5) is 17.1 Å². The van der Waals surface area contributed by atoms with Crippen LogP contribution in [-0.4, -0.2) is 84.1 Å². The lowest BCUT2D eigenvalue weighted by molar-refractivity contribution is -0.736. The summed E-state index contributed by atoms with van der Waals surface area (Å²) in [6, 6.07) is 17.0. The van der Waals surface area contributed by atoms with Crippen LogP contribution in [0.5, 0.6) is 11.5 Å². The Bertz CT molecular complexity index is 1700. The summed E-state index contributed by atoms with van der Waals surface area (Å²) in [7, 11) is 6.00. The first kappa shape index (κ1) is 30.3. The van der Waals surface area contributed by atoms with Gasteiger partial charge in [0, 0.05) is 50.4 Å². The third kappa shape index (κ3) is 5.99. The van der Waals surface area contributed by atoms with Crippen molar-refractivity contribution >= 4 is 40.5 Å². The van der Waals surface area contributed by atoms with E-state index in [0.717, 1.165) is 0 Å². The van der Waals surface area contributed by atoms with Crippen molar-refractivity contribution in [3.8, 4) is 22.8 Å². The Morgan fingerprint density at radius 2 is 1.66 bits per heavy atom. The minimum atomic E-state index is -0.433. The zero-order valence-electron chi connectivity index (χ0n) is 24.6. The van der Waals surface area contributed by atoms with E-state index in [1.54, 1.807) is 55.5 Å². The van der Waals surface area contributed by atoms with E-state index < -0.39 is 5.91 Å². The van der Waals surface area contributed by atoms with Crippen molar-refractivity contribution < 1.29 is 28.8 Å². The molecule has 1 aromatic heterocycles. The molecule has 4 aromatic rings. The number of methoxy groups -OCH3 is 2. The Morgan fingerprint density at radius 1 is 0.955 bits per heavy atom. The molecular weight excluding hydrogens is 590 g/mol. The van der Waals surface area contributed by atoms with Crippen LogP contribution in [0.1, 0.15) is 20.8 Å². The molecule has 3 aromatic carbocycles. The van der Waals surface area contributed by atoms with E-state index >= 15 is 0 Å². The molecule has 1 fully saturated rings. The van der Waals surface area contributed by atoms with E-state index in [2.05, 4.69) is 15.6 Å². The van der Waals surface area contributed by atoms with Gasteiger partial charge in [-0.15, -0.1) is 5.10 Å². The van der Waals surface area contributed by atoms with E-state index in [-0.39, 0.29) is 27.2 Å². The molecule has 2 amide bonds. The highest BCUT2D eigenvalue weighted by Crippen LogP contribution is 2.38. The highest BCUT2D eigenvalue weighted by Gasteiger charge is 2.31. The number of nitrogens with zero attached hydrogens (tertiary/aromatic N) is 6. The number of piperazine rings is 1. The van der Waals surface area contributed by atoms with Gasteiger partial charge < -0.3 is 24.6 Å². The lowest BCUT2D eigenvalue weighted by Gasteiger charge is -2.36. The van der Waals surface area contributed by atoms with Crippen molar-refractivity contribution in [1.82, 2.24) is 19.9 Å². The zero-order chi connectivity index (χ0) is 31.4. The van der Waals surface area contributed by atoms with Crippen LogP contribution in [0, 0.1) is 4.91 Å². The fourth-order valence-electron chi connectivity index (χ4n) is 5.00. The molecule has 0 spiro atoms. The molecule has 44 heavy (non-hydrogen) atoms. The summed E-state index contributed by atoms with van der Waals surface area (Å²) >= 11 is 6.64. The van der Waals surface area contributed by atoms with Crippen molar-refractivity contribution in [1.29, 1.82) is 0 Å². The number of para-hydroxylation sites is 1. The molecular formula is C30H31ClN7O6+. The molecule has 0 unspecified atom stereocenters. The maximum absolute atomic E-state index is 13.7. The average molecular weight is 621 g/mol. The number of ether oxygens (including phenoxy) is 2. The van der Waals surface area contributed by atoms with Gasteiger partial charge in [-0.2, -0.15) is 0 Å². The van der Waals surface area contributed by atoms with Gasteiger partial charge in [-0.1, -0.05) is 28.9 Å². The number of rotatable bonds is 9. The summed E-state index contributed by atoms with van der Waals surface area (Å²) in [5.41, 5.74) is 2.66. The molecule has 1 aliphatic heterocycles. The number of nitrogens with one attached hydrogen (secondary N) is 1. The van der Waals surface area contributed by atoms with E-state index in [1.807, 2.05) is 23.1 Å². The number of aryl methyl sites for hydroxylation is 1. The van der Waals surface area contributed by atoms with Crippen LogP contribution < -0.4 is 19.7 Å². The second kappa shape index (κ2) is 13.0. The number of anilines is 2. The molecule has 1 aliphatic rings. The highest BCUT2D eigenvalue weighted by atomic mass is 35.5. The Hall–Kier alpha value is -5.17. The third-order valence-corrected chi connectivity index (χ3v) is 7.63. The third-order valence-electron chi connectivity index (χ3n) is 7.33. The number of amides is 2. The molecule has 13 nitrogen and oxygen atoms in total. The van der Waals surface area contributed by atoms with Crippen LogP contribution in [0.15, 0.2) is 60.7 Å². The van der Waals surface area contributed by atoms with Crippen molar-refractivity contribution in [3.63, 3.8) is 0 Å². The molecule has 0 atom stereocenters. The van der Waals surface area contributed by atoms with Gasteiger partial charge in [-0.05, 0) is 42.5 Å². The fraction of sp³-hybridized carbons (Fsp3) is 0.267. The average Bonchev–Trinajstić information content (AvgIpc) is 3.45. The Labute approximate surface area is 258 Å². The summed E-state index contributed by atoms with van der Waals surface area (Å²) in [4.78, 5) is 48.1.